The zero-order valence-electron chi connectivity index (χ0n) is 23.5. The Morgan fingerprint density at radius 3 is 2.32 bits per heavy atom. The van der Waals surface area contributed by atoms with E-state index < -0.39 is 11.9 Å². The van der Waals surface area contributed by atoms with Crippen molar-refractivity contribution in [3.05, 3.63) is 82.6 Å². The predicted molar refractivity (Wildman–Crippen MR) is 151 cm³/mol. The van der Waals surface area contributed by atoms with Crippen LogP contribution in [0.4, 0.5) is 0 Å². The third-order valence-electron chi connectivity index (χ3n) is 6.87. The van der Waals surface area contributed by atoms with E-state index >= 15 is 0 Å². The molecule has 0 saturated heterocycles. The maximum Gasteiger partial charge on any atom is 0.312 e. The van der Waals surface area contributed by atoms with Gasteiger partial charge in [0.05, 0.1) is 40.4 Å². The predicted octanol–water partition coefficient (Wildman–Crippen LogP) is 5.73. The Labute approximate surface area is 237 Å². The van der Waals surface area contributed by atoms with Gasteiger partial charge in [-0.2, -0.15) is 0 Å². The molecule has 3 aromatic rings. The van der Waals surface area contributed by atoms with Crippen molar-refractivity contribution in [2.24, 2.45) is 0 Å². The van der Waals surface area contributed by atoms with Crippen LogP contribution in [-0.2, 0) is 4.79 Å². The standard InChI is InChI=1S/C32H30O9/c1-17(2)16-39-31-19(8-7-9-23(31)35-3)21-14-28(33)40-22-11-10-20-30(34)27(41-32(20)29(21)22)13-18-12-25(37-5)26(38-6)15-24(18)36-4/h7-13,15,21H,1,14,16H2,2-6H3/b27-13-. The van der Waals surface area contributed by atoms with Crippen molar-refractivity contribution in [2.45, 2.75) is 19.3 Å². The average molecular weight is 559 g/mol. The van der Waals surface area contributed by atoms with Gasteiger partial charge in [-0.25, -0.2) is 0 Å². The van der Waals surface area contributed by atoms with Gasteiger partial charge in [0.15, 0.2) is 28.8 Å². The highest BCUT2D eigenvalue weighted by Gasteiger charge is 2.40. The van der Waals surface area contributed by atoms with Gasteiger partial charge in [0, 0.05) is 28.7 Å². The van der Waals surface area contributed by atoms with E-state index in [0.29, 0.717) is 62.5 Å². The number of methoxy groups -OCH3 is 4. The number of benzene rings is 3. The van der Waals surface area contributed by atoms with Crippen LogP contribution in [-0.4, -0.2) is 46.8 Å². The summed E-state index contributed by atoms with van der Waals surface area (Å²) in [6.45, 7) is 6.04. The summed E-state index contributed by atoms with van der Waals surface area (Å²) in [6.07, 6.45) is 1.60. The van der Waals surface area contributed by atoms with Gasteiger partial charge < -0.3 is 33.2 Å². The Morgan fingerprint density at radius 1 is 0.927 bits per heavy atom. The summed E-state index contributed by atoms with van der Waals surface area (Å²) in [5.74, 6) is 1.87. The fourth-order valence-corrected chi connectivity index (χ4v) is 5.00. The van der Waals surface area contributed by atoms with Crippen LogP contribution in [0.15, 0.2) is 60.4 Å². The SMILES string of the molecule is C=C(C)COc1c(OC)cccc1C1CC(=O)Oc2ccc3c(c21)O/C(=C\c1cc(OC)c(OC)cc1OC)C3=O. The summed E-state index contributed by atoms with van der Waals surface area (Å²) >= 11 is 0. The first-order valence-electron chi connectivity index (χ1n) is 12.9. The van der Waals surface area contributed by atoms with Crippen LogP contribution in [0, 0.1) is 0 Å². The molecule has 0 N–H and O–H groups in total. The number of rotatable bonds is 9. The number of hydrogen-bond acceptors (Lipinski definition) is 9. The van der Waals surface area contributed by atoms with E-state index in [9.17, 15) is 9.59 Å². The first-order chi connectivity index (χ1) is 19.8. The second-order valence-corrected chi connectivity index (χ2v) is 9.60. The second-order valence-electron chi connectivity index (χ2n) is 9.60. The zero-order valence-corrected chi connectivity index (χ0v) is 23.5. The van der Waals surface area contributed by atoms with Crippen LogP contribution in [0.3, 0.4) is 0 Å². The fraction of sp³-hybridized carbons (Fsp3) is 0.250. The number of fused-ring (bicyclic) bond motifs is 3. The van der Waals surface area contributed by atoms with E-state index in [0.717, 1.165) is 5.57 Å². The number of esters is 1. The molecular weight excluding hydrogens is 528 g/mol. The monoisotopic (exact) mass is 558 g/mol. The van der Waals surface area contributed by atoms with E-state index in [2.05, 4.69) is 6.58 Å². The van der Waals surface area contributed by atoms with Crippen molar-refractivity contribution >= 4 is 17.8 Å². The minimum absolute atomic E-state index is 0.0140. The molecule has 3 aromatic carbocycles. The number of ketones is 1. The maximum atomic E-state index is 13.6. The minimum Gasteiger partial charge on any atom is -0.496 e. The van der Waals surface area contributed by atoms with Gasteiger partial charge in [-0.05, 0) is 42.8 Å². The zero-order chi connectivity index (χ0) is 29.3. The van der Waals surface area contributed by atoms with Crippen molar-refractivity contribution in [1.82, 2.24) is 0 Å². The molecule has 1 unspecified atom stereocenters. The summed E-state index contributed by atoms with van der Waals surface area (Å²) in [5.41, 5.74) is 3.00. The molecule has 2 aliphatic heterocycles. The smallest absolute Gasteiger partial charge is 0.312 e. The molecule has 0 radical (unpaired) electrons. The molecule has 0 spiro atoms. The lowest BCUT2D eigenvalue weighted by Gasteiger charge is -2.28. The number of Topliss-reactive ketones (excluding diaryl/α,β-unsaturated/α-hetero) is 1. The quantitative estimate of drug-likeness (QED) is 0.141. The largest absolute Gasteiger partial charge is 0.496 e. The van der Waals surface area contributed by atoms with Gasteiger partial charge in [0.25, 0.3) is 0 Å². The van der Waals surface area contributed by atoms with E-state index in [1.165, 1.54) is 21.3 Å². The molecule has 5 rings (SSSR count). The van der Waals surface area contributed by atoms with Crippen molar-refractivity contribution < 1.29 is 42.7 Å². The fourth-order valence-electron chi connectivity index (χ4n) is 5.00. The van der Waals surface area contributed by atoms with Crippen LogP contribution in [0.2, 0.25) is 0 Å². The lowest BCUT2D eigenvalue weighted by Crippen LogP contribution is -2.22. The Balaban J connectivity index is 1.62. The van der Waals surface area contributed by atoms with Gasteiger partial charge in [-0.3, -0.25) is 9.59 Å². The van der Waals surface area contributed by atoms with Crippen LogP contribution >= 0.6 is 0 Å². The van der Waals surface area contributed by atoms with Gasteiger partial charge in [-0.15, -0.1) is 0 Å². The third-order valence-corrected chi connectivity index (χ3v) is 6.87. The van der Waals surface area contributed by atoms with E-state index in [-0.39, 0.29) is 24.6 Å². The molecule has 0 amide bonds. The topological polar surface area (TPSA) is 98.8 Å². The summed E-state index contributed by atoms with van der Waals surface area (Å²) in [4.78, 5) is 26.3. The summed E-state index contributed by atoms with van der Waals surface area (Å²) in [6, 6.07) is 12.1. The first kappa shape index (κ1) is 27.6. The summed E-state index contributed by atoms with van der Waals surface area (Å²) in [7, 11) is 6.12. The summed E-state index contributed by atoms with van der Waals surface area (Å²) in [5, 5.41) is 0. The number of carbonyl (C=O) groups is 2. The van der Waals surface area contributed by atoms with Crippen LogP contribution in [0.5, 0.6) is 40.2 Å². The van der Waals surface area contributed by atoms with Gasteiger partial charge in [0.2, 0.25) is 5.78 Å². The van der Waals surface area contributed by atoms with Gasteiger partial charge in [0.1, 0.15) is 23.9 Å². The van der Waals surface area contributed by atoms with Crippen molar-refractivity contribution in [3.8, 4) is 40.2 Å². The molecule has 0 bridgehead atoms. The maximum absolute atomic E-state index is 13.6. The lowest BCUT2D eigenvalue weighted by atomic mass is 9.84. The summed E-state index contributed by atoms with van der Waals surface area (Å²) < 4.78 is 39.8. The number of para-hydroxylation sites is 1. The number of ether oxygens (including phenoxy) is 7. The van der Waals surface area contributed by atoms with Crippen molar-refractivity contribution in [1.29, 1.82) is 0 Å². The molecule has 41 heavy (non-hydrogen) atoms. The first-order valence-corrected chi connectivity index (χ1v) is 12.9. The highest BCUT2D eigenvalue weighted by atomic mass is 16.5. The van der Waals surface area contributed by atoms with E-state index in [1.54, 1.807) is 43.5 Å². The molecular formula is C32H30O9. The molecule has 0 aliphatic carbocycles. The molecule has 0 fully saturated rings. The lowest BCUT2D eigenvalue weighted by molar-refractivity contribution is -0.135. The van der Waals surface area contributed by atoms with Crippen molar-refractivity contribution in [3.63, 3.8) is 0 Å². The molecule has 9 heteroatoms. The third kappa shape index (κ3) is 5.06. The highest BCUT2D eigenvalue weighted by molar-refractivity contribution is 6.15. The van der Waals surface area contributed by atoms with Crippen LogP contribution < -0.4 is 33.2 Å². The number of hydrogen-bond donors (Lipinski definition) is 0. The van der Waals surface area contributed by atoms with Gasteiger partial charge >= 0.3 is 5.97 Å². The number of allylic oxidation sites excluding steroid dienone is 1. The minimum atomic E-state index is -0.529. The Kier molecular flexibility index (Phi) is 7.61. The van der Waals surface area contributed by atoms with Crippen molar-refractivity contribution in [2.75, 3.05) is 35.0 Å². The number of carbonyl (C=O) groups excluding carboxylic acids is 2. The second kappa shape index (κ2) is 11.3. The Hall–Kier alpha value is -4.92. The van der Waals surface area contributed by atoms with Gasteiger partial charge in [-0.1, -0.05) is 18.7 Å². The van der Waals surface area contributed by atoms with Crippen LogP contribution in [0.1, 0.15) is 46.3 Å². The Morgan fingerprint density at radius 2 is 1.63 bits per heavy atom. The molecule has 2 aliphatic rings. The molecule has 1 atom stereocenters. The normalized spacial score (nSPS) is 16.3. The molecule has 9 nitrogen and oxygen atoms in total. The average Bonchev–Trinajstić information content (AvgIpc) is 3.29. The molecule has 212 valence electrons. The van der Waals surface area contributed by atoms with E-state index in [4.69, 9.17) is 33.2 Å². The van der Waals surface area contributed by atoms with E-state index in [1.807, 2.05) is 19.1 Å². The highest BCUT2D eigenvalue weighted by Crippen LogP contribution is 2.52. The Bertz CT molecular complexity index is 1580. The van der Waals surface area contributed by atoms with Crippen LogP contribution in [0.25, 0.3) is 6.08 Å². The molecule has 0 saturated carbocycles. The molecule has 0 aromatic heterocycles. The molecule has 2 heterocycles.